The first-order valence-electron chi connectivity index (χ1n) is 2.29. The Morgan fingerprint density at radius 3 is 2.70 bits per heavy atom. The van der Waals surface area contributed by atoms with E-state index in [0.29, 0.717) is 0 Å². The van der Waals surface area contributed by atoms with Crippen molar-refractivity contribution in [1.82, 2.24) is 7.76 Å². The Morgan fingerprint density at radius 1 is 1.60 bits per heavy atom. The van der Waals surface area contributed by atoms with Crippen LogP contribution in [0.25, 0.3) is 0 Å². The minimum Gasteiger partial charge on any atom is -0.271 e. The molecular weight excluding hydrogens is 254 g/mol. The summed E-state index contributed by atoms with van der Waals surface area (Å²) in [5.74, 6) is -0.964. The molecule has 1 heterocycles. The first kappa shape index (κ1) is 7.45. The molecule has 4 nitrogen and oxygen atoms in total. The molecule has 0 aromatic carbocycles. The molecule has 0 atom stereocenters. The van der Waals surface area contributed by atoms with E-state index in [1.807, 2.05) is 0 Å². The van der Waals surface area contributed by atoms with E-state index in [1.54, 1.807) is 27.8 Å². The van der Waals surface area contributed by atoms with E-state index in [4.69, 9.17) is 0 Å². The van der Waals surface area contributed by atoms with Gasteiger partial charge in [-0.15, -0.1) is 0 Å². The highest BCUT2D eigenvalue weighted by Crippen LogP contribution is 1.86. The van der Waals surface area contributed by atoms with Gasteiger partial charge in [0.1, 0.15) is 0 Å². The van der Waals surface area contributed by atoms with Gasteiger partial charge in [-0.3, -0.25) is 9.78 Å². The number of hydrogen-bond acceptors (Lipinski definition) is 2. The lowest BCUT2D eigenvalue weighted by Crippen LogP contribution is -2.27. The van der Waals surface area contributed by atoms with Gasteiger partial charge in [0.25, 0.3) is 5.56 Å². The average Bonchev–Trinajstić information content (AvgIpc) is 1.84. The lowest BCUT2D eigenvalue weighted by molar-refractivity contribution is 0.595. The largest absolute Gasteiger partial charge is 0.337 e. The predicted molar refractivity (Wildman–Crippen MR) is 40.7 cm³/mol. The van der Waals surface area contributed by atoms with E-state index in [-0.39, 0.29) is 0 Å². The monoisotopic (exact) mass is 256 g/mol. The highest BCUT2D eigenvalue weighted by Gasteiger charge is 1.99. The van der Waals surface area contributed by atoms with Gasteiger partial charge in [-0.2, -0.15) is 4.39 Å². The summed E-state index contributed by atoms with van der Waals surface area (Å²) >= 11 is 1.56. The molecule has 1 aromatic heterocycles. The first-order chi connectivity index (χ1) is 4.61. The van der Waals surface area contributed by atoms with Crippen LogP contribution in [0.4, 0.5) is 4.39 Å². The van der Waals surface area contributed by atoms with Crippen LogP contribution in [0.1, 0.15) is 0 Å². The summed E-state index contributed by atoms with van der Waals surface area (Å²) in [5, 5.41) is 0. The third-order valence-corrected chi connectivity index (χ3v) is 1.57. The molecule has 0 radical (unpaired) electrons. The van der Waals surface area contributed by atoms with Gasteiger partial charge in [-0.05, 0) is 0 Å². The average molecular weight is 256 g/mol. The maximum absolute atomic E-state index is 12.3. The summed E-state index contributed by atoms with van der Waals surface area (Å²) in [6.45, 7) is 0. The van der Waals surface area contributed by atoms with Gasteiger partial charge in [-0.1, -0.05) is 0 Å². The molecule has 0 bridgehead atoms. The van der Waals surface area contributed by atoms with Crippen molar-refractivity contribution in [2.75, 3.05) is 0 Å². The smallest absolute Gasteiger partial charge is 0.271 e. The maximum Gasteiger partial charge on any atom is 0.337 e. The molecule has 1 aromatic rings. The summed E-state index contributed by atoms with van der Waals surface area (Å²) in [6, 6.07) is 0. The summed E-state index contributed by atoms with van der Waals surface area (Å²) in [6.07, 6.45) is 0.821. The van der Waals surface area contributed by atoms with E-state index < -0.39 is 17.1 Å². The Balaban J connectivity index is 3.59. The zero-order valence-corrected chi connectivity index (χ0v) is 6.75. The number of aromatic nitrogens is 2. The van der Waals surface area contributed by atoms with Crippen LogP contribution in [-0.4, -0.2) is 7.76 Å². The van der Waals surface area contributed by atoms with Gasteiger partial charge in [0, 0.05) is 0 Å². The molecule has 0 spiro atoms. The molecule has 0 aliphatic heterocycles. The number of H-pyrrole nitrogens is 1. The van der Waals surface area contributed by atoms with E-state index in [0.717, 1.165) is 8.98 Å². The Labute approximate surface area is 68.2 Å². The van der Waals surface area contributed by atoms with Gasteiger partial charge in [-0.25, -0.2) is 7.58 Å². The number of aromatic amines is 1. The Morgan fingerprint density at radius 2 is 2.20 bits per heavy atom. The van der Waals surface area contributed by atoms with Crippen LogP contribution in [0.2, 0.25) is 0 Å². The zero-order valence-electron chi connectivity index (χ0n) is 4.60. The van der Waals surface area contributed by atoms with Crippen LogP contribution in [-0.2, 0) is 0 Å². The quantitative estimate of drug-likeness (QED) is 0.657. The molecule has 1 N–H and O–H groups in total. The molecule has 54 valence electrons. The van der Waals surface area contributed by atoms with Gasteiger partial charge < -0.3 is 0 Å². The molecule has 1 rings (SSSR count). The second kappa shape index (κ2) is 2.52. The number of nitrogens with zero attached hydrogens (tertiary/aromatic N) is 1. The highest BCUT2D eigenvalue weighted by molar-refractivity contribution is 14.1. The second-order valence-electron chi connectivity index (χ2n) is 1.55. The molecule has 0 aliphatic rings. The van der Waals surface area contributed by atoms with Crippen LogP contribution in [0, 0.1) is 5.82 Å². The first-order valence-corrected chi connectivity index (χ1v) is 3.25. The van der Waals surface area contributed by atoms with Crippen molar-refractivity contribution in [2.24, 2.45) is 0 Å². The summed E-state index contributed by atoms with van der Waals surface area (Å²) < 4.78 is 13.2. The van der Waals surface area contributed by atoms with E-state index in [1.165, 1.54) is 0 Å². The van der Waals surface area contributed by atoms with E-state index in [9.17, 15) is 14.0 Å². The summed E-state index contributed by atoms with van der Waals surface area (Å²) in [7, 11) is 0. The Hall–Kier alpha value is -0.660. The fraction of sp³-hybridized carbons (Fsp3) is 0. The van der Waals surface area contributed by atoms with Crippen molar-refractivity contribution >= 4 is 22.9 Å². The maximum atomic E-state index is 12.3. The SMILES string of the molecule is O=c1[nH]c(=O)n(I)cc1F. The summed E-state index contributed by atoms with van der Waals surface area (Å²) in [4.78, 5) is 22.6. The van der Waals surface area contributed by atoms with Crippen LogP contribution < -0.4 is 11.2 Å². The van der Waals surface area contributed by atoms with Gasteiger partial charge in [0.2, 0.25) is 5.82 Å². The molecule has 10 heavy (non-hydrogen) atoms. The Kier molecular flexibility index (Phi) is 1.88. The van der Waals surface area contributed by atoms with Crippen molar-refractivity contribution in [3.8, 4) is 0 Å². The summed E-state index contributed by atoms with van der Waals surface area (Å²) in [5.41, 5.74) is -1.62. The highest BCUT2D eigenvalue weighted by atomic mass is 127. The molecule has 6 heteroatoms. The molecule has 0 saturated carbocycles. The fourth-order valence-corrected chi connectivity index (χ4v) is 0.792. The number of halogens is 2. The van der Waals surface area contributed by atoms with E-state index in [2.05, 4.69) is 0 Å². The Bertz CT molecular complexity index is 324. The van der Waals surface area contributed by atoms with E-state index >= 15 is 0 Å². The third kappa shape index (κ3) is 1.25. The minimum absolute atomic E-state index is 0.632. The molecular formula is C4H2FIN2O2. The van der Waals surface area contributed by atoms with Crippen molar-refractivity contribution in [3.05, 3.63) is 32.9 Å². The van der Waals surface area contributed by atoms with Crippen molar-refractivity contribution in [2.45, 2.75) is 0 Å². The zero-order chi connectivity index (χ0) is 7.72. The predicted octanol–water partition coefficient (Wildman–Crippen LogP) is -0.126. The van der Waals surface area contributed by atoms with Crippen LogP contribution in [0.5, 0.6) is 0 Å². The lowest BCUT2D eigenvalue weighted by Gasteiger charge is -1.89. The van der Waals surface area contributed by atoms with Crippen molar-refractivity contribution in [3.63, 3.8) is 0 Å². The molecule has 0 saturated heterocycles. The van der Waals surface area contributed by atoms with Crippen molar-refractivity contribution < 1.29 is 4.39 Å². The number of rotatable bonds is 0. The molecule has 0 unspecified atom stereocenters. The van der Waals surface area contributed by atoms with Gasteiger partial charge in [0.15, 0.2) is 0 Å². The number of nitrogens with one attached hydrogen (secondary N) is 1. The van der Waals surface area contributed by atoms with Crippen LogP contribution in [0.3, 0.4) is 0 Å². The van der Waals surface area contributed by atoms with Gasteiger partial charge in [0.05, 0.1) is 29.1 Å². The molecule has 0 aliphatic carbocycles. The topological polar surface area (TPSA) is 54.9 Å². The van der Waals surface area contributed by atoms with Crippen LogP contribution in [0.15, 0.2) is 15.8 Å². The third-order valence-electron chi connectivity index (χ3n) is 0.858. The van der Waals surface area contributed by atoms with Crippen molar-refractivity contribution in [1.29, 1.82) is 0 Å². The standard InChI is InChI=1S/C4H2FIN2O2/c5-2-1-8(6)4(10)7-3(2)9/h1H,(H,7,9,10). The normalized spacial score (nSPS) is 9.80. The molecule has 0 amide bonds. The van der Waals surface area contributed by atoms with Crippen LogP contribution >= 0.6 is 22.9 Å². The minimum atomic E-state index is -0.988. The molecule has 0 fully saturated rings. The number of hydrogen-bond donors (Lipinski definition) is 1. The second-order valence-corrected chi connectivity index (χ2v) is 2.59. The van der Waals surface area contributed by atoms with Gasteiger partial charge >= 0.3 is 5.69 Å². The lowest BCUT2D eigenvalue weighted by atomic mass is 10.6. The fourth-order valence-electron chi connectivity index (χ4n) is 0.427.